The van der Waals surface area contributed by atoms with Crippen molar-refractivity contribution in [2.45, 2.75) is 76.8 Å². The van der Waals surface area contributed by atoms with Crippen molar-refractivity contribution in [1.29, 1.82) is 0 Å². The number of imidazole rings is 1. The minimum Gasteiger partial charge on any atom is -0.481 e. The largest absolute Gasteiger partial charge is 0.481 e. The Morgan fingerprint density at radius 1 is 1.17 bits per heavy atom. The van der Waals surface area contributed by atoms with Crippen molar-refractivity contribution < 1.29 is 24.2 Å². The molecule has 2 aromatic rings. The predicted octanol–water partition coefficient (Wildman–Crippen LogP) is 5.64. The first-order valence-electron chi connectivity index (χ1n) is 16.9. The summed E-state index contributed by atoms with van der Waals surface area (Å²) in [6.45, 7) is 8.77. The molecule has 1 saturated heterocycles. The molecule has 11 nitrogen and oxygen atoms in total. The Labute approximate surface area is 283 Å². The molecular formula is C37H50N6O5. The summed E-state index contributed by atoms with van der Waals surface area (Å²) < 4.78 is 4.74. The number of benzene rings is 1. The lowest BCUT2D eigenvalue weighted by atomic mass is 9.79. The van der Waals surface area contributed by atoms with Gasteiger partial charge < -0.3 is 30.4 Å². The highest BCUT2D eigenvalue weighted by molar-refractivity contribution is 5.94. The molecule has 0 radical (unpaired) electrons. The summed E-state index contributed by atoms with van der Waals surface area (Å²) in [4.78, 5) is 51.4. The van der Waals surface area contributed by atoms with Crippen LogP contribution < -0.4 is 10.6 Å². The summed E-state index contributed by atoms with van der Waals surface area (Å²) in [6.07, 6.45) is 14.9. The van der Waals surface area contributed by atoms with Crippen molar-refractivity contribution in [3.05, 3.63) is 78.3 Å². The van der Waals surface area contributed by atoms with Gasteiger partial charge in [0.25, 0.3) is 0 Å². The fourth-order valence-corrected chi connectivity index (χ4v) is 6.65. The van der Waals surface area contributed by atoms with Crippen LogP contribution in [0.25, 0.3) is 11.3 Å². The van der Waals surface area contributed by atoms with Crippen LogP contribution in [0.1, 0.15) is 69.7 Å². The van der Waals surface area contributed by atoms with Crippen LogP contribution >= 0.6 is 0 Å². The smallest absolute Gasteiger partial charge is 0.407 e. The molecule has 2 amide bonds. The van der Waals surface area contributed by atoms with Gasteiger partial charge in [0, 0.05) is 26.1 Å². The number of amidine groups is 1. The van der Waals surface area contributed by atoms with E-state index in [1.54, 1.807) is 24.2 Å². The Morgan fingerprint density at radius 3 is 2.58 bits per heavy atom. The number of carboxylic acid groups (broad SMARTS) is 1. The lowest BCUT2D eigenvalue weighted by molar-refractivity contribution is -0.143. The van der Waals surface area contributed by atoms with Crippen molar-refractivity contribution in [3.63, 3.8) is 0 Å². The number of aliphatic carboxylic acids is 1. The summed E-state index contributed by atoms with van der Waals surface area (Å²) in [5, 5.41) is 15.8. The van der Waals surface area contributed by atoms with E-state index in [0.29, 0.717) is 19.5 Å². The standard InChI is InChI=1S/C37H50N6O5/c1-6-11-26(22-39-34(38-4)31-16-10-21-43(31)35(44)32(24(2)3)42-37(47)48-5)13-9-12-25-17-19-27(20-18-25)30-23-40-33(41-30)28-14-7-8-15-29(28)36(45)46/h6,9,11,13,17-20,23-24,28-29,31-32H,1,7-8,10,12,14-16,21-22H2,2-5H3,(H,38,39)(H,40,41)(H,42,47)(H,45,46)/b13-9-,26-11+/t28-,29?,31?,32?/m1/s1. The van der Waals surface area contributed by atoms with E-state index in [1.165, 1.54) is 7.11 Å². The van der Waals surface area contributed by atoms with Crippen molar-refractivity contribution in [1.82, 2.24) is 25.5 Å². The van der Waals surface area contributed by atoms with Crippen molar-refractivity contribution in [2.75, 3.05) is 27.2 Å². The third kappa shape index (κ3) is 9.23. The first kappa shape index (κ1) is 36.2. The van der Waals surface area contributed by atoms with Crippen LogP contribution in [0.3, 0.4) is 0 Å². The van der Waals surface area contributed by atoms with Gasteiger partial charge in [-0.15, -0.1) is 0 Å². The lowest BCUT2D eigenvalue weighted by Crippen LogP contribution is -2.55. The number of nitrogens with zero attached hydrogens (tertiary/aromatic N) is 3. The van der Waals surface area contributed by atoms with Gasteiger partial charge in [-0.3, -0.25) is 14.6 Å². The molecule has 2 aliphatic rings. The van der Waals surface area contributed by atoms with Crippen molar-refractivity contribution in [3.8, 4) is 11.3 Å². The molecule has 2 heterocycles. The second kappa shape index (κ2) is 17.5. The fraction of sp³-hybridized carbons (Fsp3) is 0.486. The predicted molar refractivity (Wildman–Crippen MR) is 188 cm³/mol. The number of likely N-dealkylation sites (tertiary alicyclic amines) is 1. The number of carbonyl (C=O) groups excluding carboxylic acids is 2. The molecule has 1 aromatic heterocycles. The number of aromatic nitrogens is 2. The fourth-order valence-electron chi connectivity index (χ4n) is 6.65. The molecule has 3 unspecified atom stereocenters. The van der Waals surface area contributed by atoms with Crippen LogP contribution in [0.4, 0.5) is 4.79 Å². The van der Waals surface area contributed by atoms with Gasteiger partial charge in [0.05, 0.1) is 31.0 Å². The lowest BCUT2D eigenvalue weighted by Gasteiger charge is -2.31. The first-order valence-corrected chi connectivity index (χ1v) is 16.9. The van der Waals surface area contributed by atoms with Crippen LogP contribution in [-0.4, -0.2) is 83.1 Å². The summed E-state index contributed by atoms with van der Waals surface area (Å²) in [5.74, 6) is 0.0430. The van der Waals surface area contributed by atoms with Gasteiger partial charge in [-0.25, -0.2) is 9.78 Å². The minimum absolute atomic E-state index is 0.0754. The number of carboxylic acids is 1. The van der Waals surface area contributed by atoms with Gasteiger partial charge in [-0.1, -0.05) is 81.8 Å². The van der Waals surface area contributed by atoms with Crippen LogP contribution in [0, 0.1) is 11.8 Å². The number of amides is 2. The van der Waals surface area contributed by atoms with Crippen molar-refractivity contribution in [2.24, 2.45) is 16.8 Å². The number of nitrogens with one attached hydrogen (secondary N) is 3. The van der Waals surface area contributed by atoms with E-state index in [-0.39, 0.29) is 29.7 Å². The molecule has 11 heteroatoms. The normalized spacial score (nSPS) is 20.9. The number of rotatable bonds is 13. The van der Waals surface area contributed by atoms with E-state index in [4.69, 9.17) is 4.74 Å². The molecule has 4 rings (SSSR count). The molecule has 1 aromatic carbocycles. The van der Waals surface area contributed by atoms with Crippen molar-refractivity contribution >= 4 is 23.8 Å². The molecular weight excluding hydrogens is 608 g/mol. The average molecular weight is 659 g/mol. The van der Waals surface area contributed by atoms with Gasteiger partial charge in [0.1, 0.15) is 17.7 Å². The van der Waals surface area contributed by atoms with E-state index in [1.807, 2.05) is 19.9 Å². The number of alkyl carbamates (subject to hydrolysis) is 1. The van der Waals surface area contributed by atoms with E-state index < -0.39 is 18.1 Å². The SMILES string of the molecule is C=C/C=C(\C=C/Cc1ccc(-c2cnc([C@@H]3CCCCC3C(=O)O)[nH]2)cc1)CNC(=NC)C1CCCN1C(=O)C(NC(=O)OC)C(C)C. The quantitative estimate of drug-likeness (QED) is 0.124. The first-order chi connectivity index (χ1) is 23.2. The van der Waals surface area contributed by atoms with Gasteiger partial charge in [0.15, 0.2) is 0 Å². The van der Waals surface area contributed by atoms with E-state index in [2.05, 4.69) is 68.6 Å². The zero-order valence-corrected chi connectivity index (χ0v) is 28.6. The number of hydrogen-bond donors (Lipinski definition) is 4. The molecule has 4 atom stereocenters. The van der Waals surface area contributed by atoms with Gasteiger partial charge in [0.2, 0.25) is 5.91 Å². The molecule has 0 bridgehead atoms. The Kier molecular flexibility index (Phi) is 13.2. The molecule has 1 saturated carbocycles. The van der Waals surface area contributed by atoms with Crippen LogP contribution in [0.2, 0.25) is 0 Å². The van der Waals surface area contributed by atoms with Gasteiger partial charge in [-0.2, -0.15) is 0 Å². The molecule has 48 heavy (non-hydrogen) atoms. The number of ether oxygens (including phenoxy) is 1. The zero-order chi connectivity index (χ0) is 34.6. The summed E-state index contributed by atoms with van der Waals surface area (Å²) >= 11 is 0. The maximum Gasteiger partial charge on any atom is 0.407 e. The molecule has 2 fully saturated rings. The van der Waals surface area contributed by atoms with Crippen LogP contribution in [0.5, 0.6) is 0 Å². The third-order valence-electron chi connectivity index (χ3n) is 9.27. The number of aromatic amines is 1. The van der Waals surface area contributed by atoms with Gasteiger partial charge in [-0.05, 0) is 54.7 Å². The second-order valence-electron chi connectivity index (χ2n) is 12.8. The van der Waals surface area contributed by atoms with E-state index in [0.717, 1.165) is 72.6 Å². The van der Waals surface area contributed by atoms with E-state index >= 15 is 0 Å². The van der Waals surface area contributed by atoms with Gasteiger partial charge >= 0.3 is 12.1 Å². The van der Waals surface area contributed by atoms with Crippen LogP contribution in [0.15, 0.2) is 71.9 Å². The maximum absolute atomic E-state index is 13.5. The Balaban J connectivity index is 1.34. The van der Waals surface area contributed by atoms with E-state index in [9.17, 15) is 19.5 Å². The number of aliphatic imine (C=N–C) groups is 1. The summed E-state index contributed by atoms with van der Waals surface area (Å²) in [5.41, 5.74) is 4.06. The molecule has 1 aliphatic carbocycles. The summed E-state index contributed by atoms with van der Waals surface area (Å²) in [6, 6.07) is 7.39. The topological polar surface area (TPSA) is 149 Å². The Morgan fingerprint density at radius 2 is 1.92 bits per heavy atom. The number of hydrogen-bond acceptors (Lipinski definition) is 6. The van der Waals surface area contributed by atoms with Crippen LogP contribution in [-0.2, 0) is 20.7 Å². The highest BCUT2D eigenvalue weighted by Crippen LogP contribution is 2.37. The highest BCUT2D eigenvalue weighted by Gasteiger charge is 2.38. The molecule has 258 valence electrons. The average Bonchev–Trinajstić information content (AvgIpc) is 3.78. The minimum atomic E-state index is -0.741. The maximum atomic E-state index is 13.5. The zero-order valence-electron chi connectivity index (χ0n) is 28.6. The summed E-state index contributed by atoms with van der Waals surface area (Å²) in [7, 11) is 3.01. The number of methoxy groups -OCH3 is 1. The highest BCUT2D eigenvalue weighted by atomic mass is 16.5. The Hall–Kier alpha value is -4.67. The second-order valence-corrected chi connectivity index (χ2v) is 12.8. The Bertz CT molecular complexity index is 1510. The number of H-pyrrole nitrogens is 1. The monoisotopic (exact) mass is 658 g/mol. The molecule has 0 spiro atoms. The number of allylic oxidation sites excluding steroid dienone is 3. The number of carbonyl (C=O) groups is 3. The third-order valence-corrected chi connectivity index (χ3v) is 9.27. The molecule has 4 N–H and O–H groups in total. The molecule has 1 aliphatic heterocycles.